The van der Waals surface area contributed by atoms with Crippen LogP contribution in [-0.4, -0.2) is 72.7 Å². The number of hydrogen-bond acceptors (Lipinski definition) is 5. The van der Waals surface area contributed by atoms with Crippen molar-refractivity contribution in [1.82, 2.24) is 9.80 Å². The summed E-state index contributed by atoms with van der Waals surface area (Å²) in [4.78, 5) is 26.9. The van der Waals surface area contributed by atoms with Gasteiger partial charge in [-0.2, -0.15) is 0 Å². The molecule has 1 aliphatic rings. The molecule has 0 aromatic heterocycles. The molecular weight excluding hydrogens is 394 g/mol. The monoisotopic (exact) mass is 425 g/mol. The van der Waals surface area contributed by atoms with Crippen LogP contribution in [0.1, 0.15) is 29.3 Å². The highest BCUT2D eigenvalue weighted by Crippen LogP contribution is 2.16. The van der Waals surface area contributed by atoms with Gasteiger partial charge in [-0.05, 0) is 54.8 Å². The van der Waals surface area contributed by atoms with Crippen molar-refractivity contribution in [2.45, 2.75) is 19.8 Å². The van der Waals surface area contributed by atoms with Crippen molar-refractivity contribution in [3.8, 4) is 5.75 Å². The second kappa shape index (κ2) is 11.5. The topological polar surface area (TPSA) is 82.1 Å². The number of amides is 1. The van der Waals surface area contributed by atoms with Gasteiger partial charge in [-0.25, -0.2) is 4.79 Å². The molecule has 0 bridgehead atoms. The molecule has 1 fully saturated rings. The summed E-state index contributed by atoms with van der Waals surface area (Å²) in [5.41, 5.74) is 2.29. The van der Waals surface area contributed by atoms with Crippen LogP contribution >= 0.6 is 0 Å². The van der Waals surface area contributed by atoms with E-state index in [-0.39, 0.29) is 5.91 Å². The number of rotatable bonds is 10. The van der Waals surface area contributed by atoms with Crippen molar-refractivity contribution in [3.63, 3.8) is 0 Å². The number of carboxylic acids is 1. The number of aromatic carboxylic acids is 1. The van der Waals surface area contributed by atoms with Crippen LogP contribution in [-0.2, 0) is 11.2 Å². The van der Waals surface area contributed by atoms with Crippen LogP contribution in [0.5, 0.6) is 5.75 Å². The maximum absolute atomic E-state index is 11.0. The van der Waals surface area contributed by atoms with Crippen molar-refractivity contribution in [2.75, 3.05) is 51.2 Å². The van der Waals surface area contributed by atoms with E-state index in [1.807, 2.05) is 36.4 Å². The maximum Gasteiger partial charge on any atom is 0.335 e. The molecule has 31 heavy (non-hydrogen) atoms. The van der Waals surface area contributed by atoms with E-state index in [9.17, 15) is 9.59 Å². The average Bonchev–Trinajstić information content (AvgIpc) is 2.77. The summed E-state index contributed by atoms with van der Waals surface area (Å²) in [7, 11) is 0. The third kappa shape index (κ3) is 7.70. The van der Waals surface area contributed by atoms with E-state index in [0.717, 1.165) is 63.5 Å². The van der Waals surface area contributed by atoms with Gasteiger partial charge in [-0.3, -0.25) is 4.79 Å². The minimum absolute atomic E-state index is 0.0804. The molecule has 0 saturated carbocycles. The van der Waals surface area contributed by atoms with E-state index in [0.29, 0.717) is 12.2 Å². The summed E-state index contributed by atoms with van der Waals surface area (Å²) >= 11 is 0. The molecule has 1 aliphatic heterocycles. The van der Waals surface area contributed by atoms with Gasteiger partial charge in [-0.1, -0.05) is 12.1 Å². The smallest absolute Gasteiger partial charge is 0.335 e. The number of benzene rings is 2. The van der Waals surface area contributed by atoms with Crippen LogP contribution < -0.4 is 10.1 Å². The molecule has 7 nitrogen and oxygen atoms in total. The molecule has 7 heteroatoms. The van der Waals surface area contributed by atoms with Gasteiger partial charge in [0.1, 0.15) is 5.75 Å². The number of carbonyl (C=O) groups is 2. The standard InChI is InChI=1S/C24H31N3O4/c1-19(28)25-22-7-9-23(10-8-22)31-18-2-12-26-14-16-27(17-15-26)13-11-20-3-5-21(6-4-20)24(29)30/h3-10H,2,11-18H2,1H3,(H,25,28)(H,29,30). The normalized spacial score (nSPS) is 14.9. The first kappa shape index (κ1) is 22.8. The van der Waals surface area contributed by atoms with E-state index >= 15 is 0 Å². The van der Waals surface area contributed by atoms with Gasteiger partial charge in [0.25, 0.3) is 0 Å². The molecule has 0 unspecified atom stereocenters. The number of anilines is 1. The maximum atomic E-state index is 11.0. The zero-order valence-corrected chi connectivity index (χ0v) is 18.0. The van der Waals surface area contributed by atoms with Crippen molar-refractivity contribution in [2.24, 2.45) is 0 Å². The van der Waals surface area contributed by atoms with Crippen molar-refractivity contribution in [3.05, 3.63) is 59.7 Å². The summed E-state index contributed by atoms with van der Waals surface area (Å²) in [6.07, 6.45) is 1.91. The van der Waals surface area contributed by atoms with Gasteiger partial charge >= 0.3 is 5.97 Å². The lowest BCUT2D eigenvalue weighted by Gasteiger charge is -2.34. The quantitative estimate of drug-likeness (QED) is 0.570. The first-order valence-corrected chi connectivity index (χ1v) is 10.8. The summed E-state index contributed by atoms with van der Waals surface area (Å²) in [6.45, 7) is 8.41. The Morgan fingerprint density at radius 3 is 2.13 bits per heavy atom. The molecule has 0 atom stereocenters. The van der Waals surface area contributed by atoms with Gasteiger partial charge in [0.05, 0.1) is 12.2 Å². The largest absolute Gasteiger partial charge is 0.494 e. The SMILES string of the molecule is CC(=O)Nc1ccc(OCCCN2CCN(CCc3ccc(C(=O)O)cc3)CC2)cc1. The third-order valence-electron chi connectivity index (χ3n) is 5.44. The fraction of sp³-hybridized carbons (Fsp3) is 0.417. The second-order valence-electron chi connectivity index (χ2n) is 7.84. The van der Waals surface area contributed by atoms with Gasteiger partial charge in [-0.15, -0.1) is 0 Å². The number of nitrogens with one attached hydrogen (secondary N) is 1. The van der Waals surface area contributed by atoms with E-state index in [1.165, 1.54) is 12.5 Å². The Morgan fingerprint density at radius 1 is 0.935 bits per heavy atom. The fourth-order valence-corrected chi connectivity index (χ4v) is 3.65. The highest BCUT2D eigenvalue weighted by molar-refractivity contribution is 5.88. The Labute approximate surface area is 183 Å². The zero-order chi connectivity index (χ0) is 22.1. The van der Waals surface area contributed by atoms with Crippen LogP contribution in [0.3, 0.4) is 0 Å². The van der Waals surface area contributed by atoms with Crippen molar-refractivity contribution < 1.29 is 19.4 Å². The van der Waals surface area contributed by atoms with Crippen LogP contribution in [0.15, 0.2) is 48.5 Å². The molecule has 2 aromatic rings. The predicted octanol–water partition coefficient (Wildman–Crippen LogP) is 2.97. The van der Waals surface area contributed by atoms with Gasteiger partial charge in [0.15, 0.2) is 0 Å². The summed E-state index contributed by atoms with van der Waals surface area (Å²) < 4.78 is 5.80. The lowest BCUT2D eigenvalue weighted by Crippen LogP contribution is -2.47. The Bertz CT molecular complexity index is 844. The first-order chi connectivity index (χ1) is 15.0. The van der Waals surface area contributed by atoms with Crippen LogP contribution in [0.2, 0.25) is 0 Å². The lowest BCUT2D eigenvalue weighted by atomic mass is 10.1. The predicted molar refractivity (Wildman–Crippen MR) is 121 cm³/mol. The Balaban J connectivity index is 1.28. The molecule has 2 N–H and O–H groups in total. The fourth-order valence-electron chi connectivity index (χ4n) is 3.65. The molecule has 3 rings (SSSR count). The molecule has 1 amide bonds. The molecular formula is C24H31N3O4. The second-order valence-corrected chi connectivity index (χ2v) is 7.84. The molecule has 166 valence electrons. The Morgan fingerprint density at radius 2 is 1.55 bits per heavy atom. The van der Waals surface area contributed by atoms with E-state index in [1.54, 1.807) is 12.1 Å². The number of nitrogens with zero attached hydrogens (tertiary/aromatic N) is 2. The van der Waals surface area contributed by atoms with Gasteiger partial charge in [0.2, 0.25) is 5.91 Å². The molecule has 1 heterocycles. The van der Waals surface area contributed by atoms with Crippen LogP contribution in [0.4, 0.5) is 5.69 Å². The molecule has 0 radical (unpaired) electrons. The van der Waals surface area contributed by atoms with Crippen LogP contribution in [0, 0.1) is 0 Å². The van der Waals surface area contributed by atoms with Gasteiger partial charge in [0, 0.05) is 51.9 Å². The lowest BCUT2D eigenvalue weighted by molar-refractivity contribution is -0.114. The Hall–Kier alpha value is -2.90. The summed E-state index contributed by atoms with van der Waals surface area (Å²) in [5, 5.41) is 11.7. The van der Waals surface area contributed by atoms with E-state index < -0.39 is 5.97 Å². The summed E-state index contributed by atoms with van der Waals surface area (Å²) in [5.74, 6) is -0.147. The number of ether oxygens (including phenoxy) is 1. The molecule has 1 saturated heterocycles. The van der Waals surface area contributed by atoms with Gasteiger partial charge < -0.3 is 25.0 Å². The summed E-state index contributed by atoms with van der Waals surface area (Å²) in [6, 6.07) is 14.6. The highest BCUT2D eigenvalue weighted by atomic mass is 16.5. The molecule has 0 spiro atoms. The number of carboxylic acid groups (broad SMARTS) is 1. The van der Waals surface area contributed by atoms with Crippen molar-refractivity contribution >= 4 is 17.6 Å². The number of carbonyl (C=O) groups excluding carboxylic acids is 1. The van der Waals surface area contributed by atoms with Crippen LogP contribution in [0.25, 0.3) is 0 Å². The van der Waals surface area contributed by atoms with E-state index in [2.05, 4.69) is 15.1 Å². The van der Waals surface area contributed by atoms with E-state index in [4.69, 9.17) is 9.84 Å². The van der Waals surface area contributed by atoms with Crippen molar-refractivity contribution in [1.29, 1.82) is 0 Å². The first-order valence-electron chi connectivity index (χ1n) is 10.8. The Kier molecular flexibility index (Phi) is 8.44. The number of hydrogen-bond donors (Lipinski definition) is 2. The molecule has 2 aromatic carbocycles. The average molecular weight is 426 g/mol. The number of piperazine rings is 1. The minimum atomic E-state index is -0.882. The molecule has 0 aliphatic carbocycles. The highest BCUT2D eigenvalue weighted by Gasteiger charge is 2.16. The third-order valence-corrected chi connectivity index (χ3v) is 5.44. The minimum Gasteiger partial charge on any atom is -0.494 e. The zero-order valence-electron chi connectivity index (χ0n) is 18.0.